The van der Waals surface area contributed by atoms with Crippen molar-refractivity contribution in [1.29, 1.82) is 0 Å². The Kier molecular flexibility index (Phi) is 6.63. The lowest BCUT2D eigenvalue weighted by Gasteiger charge is -2.27. The van der Waals surface area contributed by atoms with E-state index in [4.69, 9.17) is 10.5 Å². The Morgan fingerprint density at radius 3 is 2.69 bits per heavy atom. The number of hydrogen-bond donors (Lipinski definition) is 1. The van der Waals surface area contributed by atoms with Gasteiger partial charge in [0.25, 0.3) is 0 Å². The molecule has 0 saturated carbocycles. The van der Waals surface area contributed by atoms with Gasteiger partial charge in [0.2, 0.25) is 5.91 Å². The maximum atomic E-state index is 15.4. The Bertz CT molecular complexity index is 1090. The lowest BCUT2D eigenvalue weighted by atomic mass is 10.0. The third-order valence-corrected chi connectivity index (χ3v) is 5.90. The number of rotatable bonds is 8. The molecule has 0 radical (unpaired) electrons. The molecule has 0 spiro atoms. The van der Waals surface area contributed by atoms with Gasteiger partial charge in [-0.2, -0.15) is 0 Å². The highest BCUT2D eigenvalue weighted by molar-refractivity contribution is 5.76. The summed E-state index contributed by atoms with van der Waals surface area (Å²) in [5, 5.41) is 0. The lowest BCUT2D eigenvalue weighted by molar-refractivity contribution is -0.117. The van der Waals surface area contributed by atoms with Crippen LogP contribution in [0.5, 0.6) is 5.75 Å². The molecule has 2 heterocycles. The van der Waals surface area contributed by atoms with Crippen molar-refractivity contribution in [3.8, 4) is 5.75 Å². The van der Waals surface area contributed by atoms with Gasteiger partial charge >= 0.3 is 0 Å². The molecule has 1 fully saturated rings. The fourth-order valence-corrected chi connectivity index (χ4v) is 4.27. The van der Waals surface area contributed by atoms with E-state index in [1.54, 1.807) is 7.11 Å². The van der Waals surface area contributed by atoms with Crippen LogP contribution in [0.3, 0.4) is 0 Å². The highest BCUT2D eigenvalue weighted by atomic mass is 19.1. The molecule has 1 aromatic heterocycles. The second kappa shape index (κ2) is 9.77. The van der Waals surface area contributed by atoms with Gasteiger partial charge in [0.05, 0.1) is 25.3 Å². The standard InChI is InChI=1S/C25H27FN4O2/c1-32-20-5-2-4-19(15-20)22-6-3-13-30(22)25-24(26)21(28-16-29-25)12-11-17-7-9-18(10-8-17)14-23(27)31/h2,4-5,7-10,15-16,22H,3,6,11-14H2,1H3,(H2,27,31). The summed E-state index contributed by atoms with van der Waals surface area (Å²) in [4.78, 5) is 21.6. The van der Waals surface area contributed by atoms with Crippen molar-refractivity contribution in [2.24, 2.45) is 5.73 Å². The molecule has 3 aromatic rings. The van der Waals surface area contributed by atoms with E-state index in [-0.39, 0.29) is 24.2 Å². The number of amides is 1. The molecule has 1 unspecified atom stereocenters. The maximum Gasteiger partial charge on any atom is 0.221 e. The normalized spacial score (nSPS) is 15.7. The second-order valence-corrected chi connectivity index (χ2v) is 8.05. The number of carbonyl (C=O) groups is 1. The molecule has 1 aliphatic heterocycles. The van der Waals surface area contributed by atoms with E-state index in [1.807, 2.05) is 53.4 Å². The van der Waals surface area contributed by atoms with E-state index in [0.29, 0.717) is 24.4 Å². The number of hydrogen-bond acceptors (Lipinski definition) is 5. The molecule has 166 valence electrons. The van der Waals surface area contributed by atoms with Crippen molar-refractivity contribution < 1.29 is 13.9 Å². The fraction of sp³-hybridized carbons (Fsp3) is 0.320. The number of anilines is 1. The first kappa shape index (κ1) is 21.7. The average Bonchev–Trinajstić information content (AvgIpc) is 3.29. The van der Waals surface area contributed by atoms with E-state index in [0.717, 1.165) is 41.8 Å². The van der Waals surface area contributed by atoms with Crippen molar-refractivity contribution in [1.82, 2.24) is 9.97 Å². The summed E-state index contributed by atoms with van der Waals surface area (Å²) < 4.78 is 20.8. The summed E-state index contributed by atoms with van der Waals surface area (Å²) in [6, 6.07) is 15.6. The molecule has 0 bridgehead atoms. The van der Waals surface area contributed by atoms with Crippen LogP contribution in [0, 0.1) is 5.82 Å². The second-order valence-electron chi connectivity index (χ2n) is 8.05. The van der Waals surface area contributed by atoms with Gasteiger partial charge in [-0.05, 0) is 54.5 Å². The molecule has 32 heavy (non-hydrogen) atoms. The van der Waals surface area contributed by atoms with E-state index >= 15 is 4.39 Å². The van der Waals surface area contributed by atoms with Gasteiger partial charge in [-0.3, -0.25) is 4.79 Å². The van der Waals surface area contributed by atoms with Crippen LogP contribution in [0.25, 0.3) is 0 Å². The minimum Gasteiger partial charge on any atom is -0.497 e. The molecular weight excluding hydrogens is 407 g/mol. The number of aromatic nitrogens is 2. The van der Waals surface area contributed by atoms with Crippen LogP contribution < -0.4 is 15.4 Å². The summed E-state index contributed by atoms with van der Waals surface area (Å²) in [6.45, 7) is 0.747. The molecule has 7 heteroatoms. The zero-order valence-corrected chi connectivity index (χ0v) is 18.1. The Morgan fingerprint density at radius 1 is 1.16 bits per heavy atom. The molecule has 1 amide bonds. The Hall–Kier alpha value is -3.48. The zero-order chi connectivity index (χ0) is 22.5. The monoisotopic (exact) mass is 434 g/mol. The topological polar surface area (TPSA) is 81.3 Å². The number of primary amides is 1. The minimum absolute atomic E-state index is 0.0557. The van der Waals surface area contributed by atoms with E-state index in [1.165, 1.54) is 6.33 Å². The first-order valence-corrected chi connectivity index (χ1v) is 10.8. The summed E-state index contributed by atoms with van der Waals surface area (Å²) in [5.41, 5.74) is 8.66. The molecule has 6 nitrogen and oxygen atoms in total. The number of carbonyl (C=O) groups excluding carboxylic acids is 1. The number of halogens is 1. The van der Waals surface area contributed by atoms with Gasteiger partial charge in [0.15, 0.2) is 11.6 Å². The first-order chi connectivity index (χ1) is 15.5. The van der Waals surface area contributed by atoms with E-state index in [2.05, 4.69) is 9.97 Å². The molecule has 1 saturated heterocycles. The van der Waals surface area contributed by atoms with Gasteiger partial charge < -0.3 is 15.4 Å². The van der Waals surface area contributed by atoms with E-state index < -0.39 is 0 Å². The average molecular weight is 435 g/mol. The number of aryl methyl sites for hydroxylation is 2. The third-order valence-electron chi connectivity index (χ3n) is 5.90. The quantitative estimate of drug-likeness (QED) is 0.584. The Morgan fingerprint density at radius 2 is 1.94 bits per heavy atom. The first-order valence-electron chi connectivity index (χ1n) is 10.8. The highest BCUT2D eigenvalue weighted by Crippen LogP contribution is 2.37. The van der Waals surface area contributed by atoms with Crippen LogP contribution in [-0.2, 0) is 24.1 Å². The number of methoxy groups -OCH3 is 1. The number of nitrogens with two attached hydrogens (primary N) is 1. The van der Waals surface area contributed by atoms with Gasteiger partial charge in [-0.25, -0.2) is 14.4 Å². The molecular formula is C25H27FN4O2. The van der Waals surface area contributed by atoms with Crippen molar-refractivity contribution in [2.75, 3.05) is 18.6 Å². The largest absolute Gasteiger partial charge is 0.497 e. The SMILES string of the molecule is COc1cccc(C2CCCN2c2ncnc(CCc3ccc(CC(N)=O)cc3)c2F)c1. The Labute approximate surface area is 187 Å². The number of ether oxygens (including phenoxy) is 1. The van der Waals surface area contributed by atoms with Crippen molar-refractivity contribution in [3.63, 3.8) is 0 Å². The summed E-state index contributed by atoms with van der Waals surface area (Å²) in [5.74, 6) is 0.437. The molecule has 2 aromatic carbocycles. The van der Waals surface area contributed by atoms with Crippen LogP contribution in [0.15, 0.2) is 54.9 Å². The smallest absolute Gasteiger partial charge is 0.221 e. The molecule has 2 N–H and O–H groups in total. The van der Waals surface area contributed by atoms with Gasteiger partial charge in [0.1, 0.15) is 12.1 Å². The minimum atomic E-state index is -0.359. The number of benzene rings is 2. The summed E-state index contributed by atoms with van der Waals surface area (Å²) in [6.07, 6.45) is 4.68. The predicted molar refractivity (Wildman–Crippen MR) is 121 cm³/mol. The molecule has 1 atom stereocenters. The van der Waals surface area contributed by atoms with Gasteiger partial charge in [-0.1, -0.05) is 36.4 Å². The van der Waals surface area contributed by atoms with Crippen molar-refractivity contribution >= 4 is 11.7 Å². The van der Waals surface area contributed by atoms with Gasteiger partial charge in [0, 0.05) is 6.54 Å². The van der Waals surface area contributed by atoms with E-state index in [9.17, 15) is 4.79 Å². The van der Waals surface area contributed by atoms with Crippen molar-refractivity contribution in [2.45, 2.75) is 38.1 Å². The Balaban J connectivity index is 1.50. The van der Waals surface area contributed by atoms with Crippen molar-refractivity contribution in [3.05, 3.63) is 83.1 Å². The van der Waals surface area contributed by atoms with Crippen LogP contribution >= 0.6 is 0 Å². The van der Waals surface area contributed by atoms with Crippen LogP contribution in [-0.4, -0.2) is 29.5 Å². The highest BCUT2D eigenvalue weighted by Gasteiger charge is 2.30. The molecule has 0 aliphatic carbocycles. The van der Waals surface area contributed by atoms with Crippen LogP contribution in [0.2, 0.25) is 0 Å². The summed E-state index contributed by atoms with van der Waals surface area (Å²) in [7, 11) is 1.65. The zero-order valence-electron chi connectivity index (χ0n) is 18.1. The van der Waals surface area contributed by atoms with Crippen LogP contribution in [0.4, 0.5) is 10.2 Å². The third kappa shape index (κ3) is 4.88. The van der Waals surface area contributed by atoms with Crippen LogP contribution in [0.1, 0.15) is 41.3 Å². The van der Waals surface area contributed by atoms with Gasteiger partial charge in [-0.15, -0.1) is 0 Å². The number of nitrogens with zero attached hydrogens (tertiary/aromatic N) is 3. The maximum absolute atomic E-state index is 15.4. The molecule has 1 aliphatic rings. The lowest BCUT2D eigenvalue weighted by Crippen LogP contribution is -2.25. The predicted octanol–water partition coefficient (Wildman–Crippen LogP) is 3.78. The fourth-order valence-electron chi connectivity index (χ4n) is 4.27. The summed E-state index contributed by atoms with van der Waals surface area (Å²) >= 11 is 0. The molecule has 4 rings (SSSR count).